The van der Waals surface area contributed by atoms with Crippen molar-refractivity contribution in [3.63, 3.8) is 0 Å². The van der Waals surface area contributed by atoms with Crippen molar-refractivity contribution < 1.29 is 9.53 Å². The Labute approximate surface area is 145 Å². The Balaban J connectivity index is 1.57. The van der Waals surface area contributed by atoms with Gasteiger partial charge >= 0.3 is 0 Å². The summed E-state index contributed by atoms with van der Waals surface area (Å²) in [7, 11) is 0. The quantitative estimate of drug-likeness (QED) is 0.899. The number of anilines is 1. The van der Waals surface area contributed by atoms with Crippen molar-refractivity contribution >= 4 is 23.5 Å². The average Bonchev–Trinajstić information content (AvgIpc) is 2.62. The predicted molar refractivity (Wildman–Crippen MR) is 92.4 cm³/mol. The number of morpholine rings is 1. The molecule has 0 atom stereocenters. The Kier molecular flexibility index (Phi) is 5.61. The Morgan fingerprint density at radius 3 is 2.92 bits per heavy atom. The van der Waals surface area contributed by atoms with Gasteiger partial charge in [-0.25, -0.2) is 9.97 Å². The fourth-order valence-electron chi connectivity index (χ4n) is 2.50. The second-order valence-electron chi connectivity index (χ2n) is 5.48. The first-order chi connectivity index (χ1) is 11.7. The highest BCUT2D eigenvalue weighted by Gasteiger charge is 2.19. The lowest BCUT2D eigenvalue weighted by Crippen LogP contribution is -2.41. The van der Waals surface area contributed by atoms with E-state index in [4.69, 9.17) is 16.3 Å². The van der Waals surface area contributed by atoms with Gasteiger partial charge in [0.1, 0.15) is 5.69 Å². The van der Waals surface area contributed by atoms with Crippen molar-refractivity contribution in [2.45, 2.75) is 6.42 Å². The van der Waals surface area contributed by atoms with Crippen LogP contribution in [0.25, 0.3) is 0 Å². The van der Waals surface area contributed by atoms with Crippen molar-refractivity contribution in [3.8, 4) is 0 Å². The van der Waals surface area contributed by atoms with E-state index in [2.05, 4.69) is 15.3 Å². The molecule has 2 heterocycles. The molecule has 1 N–H and O–H groups in total. The number of carbonyl (C=O) groups excluding carboxylic acids is 1. The highest BCUT2D eigenvalue weighted by Crippen LogP contribution is 2.11. The van der Waals surface area contributed by atoms with Crippen molar-refractivity contribution in [3.05, 3.63) is 52.8 Å². The van der Waals surface area contributed by atoms with Crippen LogP contribution in [0, 0.1) is 0 Å². The summed E-state index contributed by atoms with van der Waals surface area (Å²) in [5.74, 6) is 0.370. The molecule has 1 aliphatic rings. The molecule has 1 saturated heterocycles. The maximum absolute atomic E-state index is 12.4. The molecule has 126 valence electrons. The lowest BCUT2D eigenvalue weighted by atomic mass is 10.1. The van der Waals surface area contributed by atoms with E-state index in [0.29, 0.717) is 44.5 Å². The number of carbonyl (C=O) groups is 1. The summed E-state index contributed by atoms with van der Waals surface area (Å²) < 4.78 is 5.26. The van der Waals surface area contributed by atoms with E-state index in [1.165, 1.54) is 0 Å². The molecule has 1 aromatic carbocycles. The standard InChI is InChI=1S/C17H19ClN4O2/c18-14-3-1-2-13(12-14)4-6-19-17-20-7-5-15(21-17)16(23)22-8-10-24-11-9-22/h1-3,5,7,12H,4,6,8-11H2,(H,19,20,21). The van der Waals surface area contributed by atoms with E-state index in [0.717, 1.165) is 17.0 Å². The smallest absolute Gasteiger partial charge is 0.272 e. The molecular formula is C17H19ClN4O2. The molecule has 24 heavy (non-hydrogen) atoms. The minimum Gasteiger partial charge on any atom is -0.378 e. The van der Waals surface area contributed by atoms with Crippen LogP contribution in [-0.4, -0.2) is 53.6 Å². The summed E-state index contributed by atoms with van der Waals surface area (Å²) in [5.41, 5.74) is 1.53. The maximum Gasteiger partial charge on any atom is 0.272 e. The number of aromatic nitrogens is 2. The molecule has 1 amide bonds. The molecular weight excluding hydrogens is 328 g/mol. The number of benzene rings is 1. The fraction of sp³-hybridized carbons (Fsp3) is 0.353. The van der Waals surface area contributed by atoms with Gasteiger partial charge in [0.15, 0.2) is 0 Å². The van der Waals surface area contributed by atoms with E-state index in [9.17, 15) is 4.79 Å². The topological polar surface area (TPSA) is 67.4 Å². The summed E-state index contributed by atoms with van der Waals surface area (Å²) in [6.07, 6.45) is 2.40. The van der Waals surface area contributed by atoms with Gasteiger partial charge in [0, 0.05) is 30.9 Å². The molecule has 0 unspecified atom stereocenters. The van der Waals surface area contributed by atoms with Crippen molar-refractivity contribution in [1.82, 2.24) is 14.9 Å². The van der Waals surface area contributed by atoms with Gasteiger partial charge in [0.2, 0.25) is 5.95 Å². The number of hydrogen-bond acceptors (Lipinski definition) is 5. The number of halogens is 1. The van der Waals surface area contributed by atoms with Gasteiger partial charge in [-0.15, -0.1) is 0 Å². The zero-order chi connectivity index (χ0) is 16.8. The molecule has 0 radical (unpaired) electrons. The van der Waals surface area contributed by atoms with Crippen LogP contribution in [0.15, 0.2) is 36.5 Å². The third kappa shape index (κ3) is 4.43. The van der Waals surface area contributed by atoms with Crippen LogP contribution in [0.5, 0.6) is 0 Å². The summed E-state index contributed by atoms with van der Waals surface area (Å²) in [4.78, 5) is 22.7. The second kappa shape index (κ2) is 8.08. The van der Waals surface area contributed by atoms with Crippen LogP contribution in [0.3, 0.4) is 0 Å². The zero-order valence-corrected chi connectivity index (χ0v) is 14.0. The normalized spacial score (nSPS) is 14.5. The Bertz CT molecular complexity index is 704. The van der Waals surface area contributed by atoms with E-state index in [1.807, 2.05) is 24.3 Å². The lowest BCUT2D eigenvalue weighted by molar-refractivity contribution is 0.0299. The van der Waals surface area contributed by atoms with Gasteiger partial charge in [-0.1, -0.05) is 23.7 Å². The number of rotatable bonds is 5. The van der Waals surface area contributed by atoms with E-state index < -0.39 is 0 Å². The van der Waals surface area contributed by atoms with Crippen LogP contribution >= 0.6 is 11.6 Å². The van der Waals surface area contributed by atoms with Gasteiger partial charge < -0.3 is 15.0 Å². The molecule has 1 aliphatic heterocycles. The van der Waals surface area contributed by atoms with Crippen LogP contribution < -0.4 is 5.32 Å². The van der Waals surface area contributed by atoms with E-state index in [-0.39, 0.29) is 5.91 Å². The minimum absolute atomic E-state index is 0.0846. The molecule has 7 heteroatoms. The molecule has 1 fully saturated rings. The largest absolute Gasteiger partial charge is 0.378 e. The Morgan fingerprint density at radius 2 is 2.12 bits per heavy atom. The Morgan fingerprint density at radius 1 is 1.29 bits per heavy atom. The second-order valence-corrected chi connectivity index (χ2v) is 5.91. The number of nitrogens with one attached hydrogen (secondary N) is 1. The fourth-order valence-corrected chi connectivity index (χ4v) is 2.72. The van der Waals surface area contributed by atoms with Crippen molar-refractivity contribution in [2.75, 3.05) is 38.2 Å². The molecule has 0 bridgehead atoms. The Hall–Kier alpha value is -2.18. The molecule has 2 aromatic rings. The molecule has 1 aromatic heterocycles. The van der Waals surface area contributed by atoms with Gasteiger partial charge in [-0.2, -0.15) is 0 Å². The van der Waals surface area contributed by atoms with Crippen molar-refractivity contribution in [1.29, 1.82) is 0 Å². The van der Waals surface area contributed by atoms with Crippen LogP contribution in [0.1, 0.15) is 16.1 Å². The van der Waals surface area contributed by atoms with Gasteiger partial charge in [-0.05, 0) is 30.2 Å². The maximum atomic E-state index is 12.4. The van der Waals surface area contributed by atoms with Gasteiger partial charge in [-0.3, -0.25) is 4.79 Å². The van der Waals surface area contributed by atoms with Gasteiger partial charge in [0.25, 0.3) is 5.91 Å². The highest BCUT2D eigenvalue weighted by molar-refractivity contribution is 6.30. The molecule has 6 nitrogen and oxygen atoms in total. The monoisotopic (exact) mass is 346 g/mol. The predicted octanol–water partition coefficient (Wildman–Crippen LogP) is 2.26. The summed E-state index contributed by atoms with van der Waals surface area (Å²) in [5, 5.41) is 3.87. The number of hydrogen-bond donors (Lipinski definition) is 1. The zero-order valence-electron chi connectivity index (χ0n) is 13.2. The number of nitrogens with zero attached hydrogens (tertiary/aromatic N) is 3. The SMILES string of the molecule is O=C(c1ccnc(NCCc2cccc(Cl)c2)n1)N1CCOCC1. The number of ether oxygens (including phenoxy) is 1. The van der Waals surface area contributed by atoms with Crippen LogP contribution in [0.4, 0.5) is 5.95 Å². The van der Waals surface area contributed by atoms with E-state index >= 15 is 0 Å². The van der Waals surface area contributed by atoms with Gasteiger partial charge in [0.05, 0.1) is 13.2 Å². The molecule has 0 saturated carbocycles. The third-order valence-electron chi connectivity index (χ3n) is 3.76. The summed E-state index contributed by atoms with van der Waals surface area (Å²) in [6, 6.07) is 9.37. The first-order valence-corrected chi connectivity index (χ1v) is 8.28. The summed E-state index contributed by atoms with van der Waals surface area (Å²) >= 11 is 5.97. The minimum atomic E-state index is -0.0846. The average molecular weight is 347 g/mol. The number of amides is 1. The third-order valence-corrected chi connectivity index (χ3v) is 3.99. The van der Waals surface area contributed by atoms with Crippen LogP contribution in [0.2, 0.25) is 5.02 Å². The van der Waals surface area contributed by atoms with Crippen molar-refractivity contribution in [2.24, 2.45) is 0 Å². The first kappa shape index (κ1) is 16.7. The summed E-state index contributed by atoms with van der Waals surface area (Å²) in [6.45, 7) is 3.00. The van der Waals surface area contributed by atoms with E-state index in [1.54, 1.807) is 17.2 Å². The molecule has 3 rings (SSSR count). The highest BCUT2D eigenvalue weighted by atomic mass is 35.5. The lowest BCUT2D eigenvalue weighted by Gasteiger charge is -2.26. The molecule has 0 aliphatic carbocycles. The van der Waals surface area contributed by atoms with Crippen LogP contribution in [-0.2, 0) is 11.2 Å². The first-order valence-electron chi connectivity index (χ1n) is 7.91. The molecule has 0 spiro atoms.